The molecule has 0 aliphatic rings. The topological polar surface area (TPSA) is 22.0 Å². The summed E-state index contributed by atoms with van der Waals surface area (Å²) < 4.78 is 2.07. The largest absolute Gasteiger partial charge is 0.354 e. The number of aryl methyl sites for hydroxylation is 1. The molecule has 0 saturated carbocycles. The summed E-state index contributed by atoms with van der Waals surface area (Å²) >= 11 is 0. The van der Waals surface area contributed by atoms with Crippen LogP contribution in [0.2, 0.25) is 0 Å². The molecule has 0 amide bonds. The Morgan fingerprint density at radius 3 is 2.77 bits per heavy atom. The van der Waals surface area contributed by atoms with E-state index in [0.717, 1.165) is 24.9 Å². The van der Waals surface area contributed by atoms with Crippen molar-refractivity contribution in [1.29, 1.82) is 0 Å². The molecule has 0 bridgehead atoms. The number of Topliss-reactive ketones (excluding diaryl/α,β-unsaturated/α-hetero) is 1. The standard InChI is InChI=1S/C11H17NO/c1-3-5-11(13)10-6-8-12(9-10)7-4-2/h6,8-9H,3-5,7H2,1-2H3. The molecule has 0 fully saturated rings. The van der Waals surface area contributed by atoms with Gasteiger partial charge in [-0.15, -0.1) is 0 Å². The minimum atomic E-state index is 0.261. The first-order valence-electron chi connectivity index (χ1n) is 4.97. The van der Waals surface area contributed by atoms with Gasteiger partial charge in [0.05, 0.1) is 0 Å². The first-order chi connectivity index (χ1) is 6.27. The second kappa shape index (κ2) is 4.85. The van der Waals surface area contributed by atoms with E-state index in [4.69, 9.17) is 0 Å². The number of rotatable bonds is 5. The van der Waals surface area contributed by atoms with Crippen molar-refractivity contribution in [2.45, 2.75) is 39.7 Å². The molecule has 0 unspecified atom stereocenters. The van der Waals surface area contributed by atoms with Gasteiger partial charge in [0.15, 0.2) is 5.78 Å². The van der Waals surface area contributed by atoms with Gasteiger partial charge in [-0.2, -0.15) is 0 Å². The fourth-order valence-electron chi connectivity index (χ4n) is 1.37. The van der Waals surface area contributed by atoms with Crippen molar-refractivity contribution < 1.29 is 4.79 Å². The van der Waals surface area contributed by atoms with E-state index in [0.29, 0.717) is 6.42 Å². The summed E-state index contributed by atoms with van der Waals surface area (Å²) in [5.41, 5.74) is 0.857. The normalized spacial score (nSPS) is 10.3. The Morgan fingerprint density at radius 2 is 2.15 bits per heavy atom. The Kier molecular flexibility index (Phi) is 3.74. The van der Waals surface area contributed by atoms with E-state index in [2.05, 4.69) is 11.5 Å². The van der Waals surface area contributed by atoms with Crippen molar-refractivity contribution in [2.75, 3.05) is 0 Å². The highest BCUT2D eigenvalue weighted by Crippen LogP contribution is 2.06. The highest BCUT2D eigenvalue weighted by molar-refractivity contribution is 5.95. The van der Waals surface area contributed by atoms with Gasteiger partial charge in [0, 0.05) is 30.9 Å². The molecule has 72 valence electrons. The Labute approximate surface area is 79.6 Å². The minimum absolute atomic E-state index is 0.261. The van der Waals surface area contributed by atoms with Gasteiger partial charge >= 0.3 is 0 Å². The third kappa shape index (κ3) is 2.72. The SMILES string of the molecule is CCCC(=O)c1ccn(CCC)c1. The van der Waals surface area contributed by atoms with Crippen molar-refractivity contribution in [3.63, 3.8) is 0 Å². The van der Waals surface area contributed by atoms with Crippen LogP contribution in [-0.2, 0) is 6.54 Å². The zero-order valence-electron chi connectivity index (χ0n) is 8.42. The molecule has 1 aromatic rings. The smallest absolute Gasteiger partial charge is 0.164 e. The van der Waals surface area contributed by atoms with Crippen LogP contribution in [0.3, 0.4) is 0 Å². The summed E-state index contributed by atoms with van der Waals surface area (Å²) in [6.45, 7) is 5.16. The number of aromatic nitrogens is 1. The Balaban J connectivity index is 2.62. The Hall–Kier alpha value is -1.05. The monoisotopic (exact) mass is 179 g/mol. The van der Waals surface area contributed by atoms with Crippen molar-refractivity contribution >= 4 is 5.78 Å². The van der Waals surface area contributed by atoms with Crippen molar-refractivity contribution in [3.05, 3.63) is 24.0 Å². The van der Waals surface area contributed by atoms with E-state index in [9.17, 15) is 4.79 Å². The number of carbonyl (C=O) groups is 1. The molecule has 0 radical (unpaired) electrons. The average Bonchev–Trinajstić information content (AvgIpc) is 2.54. The highest BCUT2D eigenvalue weighted by Gasteiger charge is 2.05. The van der Waals surface area contributed by atoms with Gasteiger partial charge in [-0.25, -0.2) is 0 Å². The van der Waals surface area contributed by atoms with E-state index in [1.54, 1.807) is 0 Å². The van der Waals surface area contributed by atoms with Crippen molar-refractivity contribution in [2.24, 2.45) is 0 Å². The van der Waals surface area contributed by atoms with Crippen LogP contribution >= 0.6 is 0 Å². The minimum Gasteiger partial charge on any atom is -0.354 e. The molecule has 0 atom stereocenters. The second-order valence-electron chi connectivity index (χ2n) is 3.31. The Morgan fingerprint density at radius 1 is 1.38 bits per heavy atom. The summed E-state index contributed by atoms with van der Waals surface area (Å²) in [5, 5.41) is 0. The Bertz CT molecular complexity index is 275. The molecule has 0 aliphatic heterocycles. The molecule has 1 rings (SSSR count). The van der Waals surface area contributed by atoms with Gasteiger partial charge < -0.3 is 4.57 Å². The molecule has 0 aliphatic carbocycles. The maximum absolute atomic E-state index is 11.4. The van der Waals surface area contributed by atoms with Crippen LogP contribution in [0.25, 0.3) is 0 Å². The lowest BCUT2D eigenvalue weighted by atomic mass is 10.1. The predicted molar refractivity (Wildman–Crippen MR) is 54.0 cm³/mol. The predicted octanol–water partition coefficient (Wildman–Crippen LogP) is 2.88. The van der Waals surface area contributed by atoms with E-state index >= 15 is 0 Å². The van der Waals surface area contributed by atoms with Gasteiger partial charge in [-0.05, 0) is 18.9 Å². The molecule has 2 heteroatoms. The molecular weight excluding hydrogens is 162 g/mol. The van der Waals surface area contributed by atoms with Crippen LogP contribution < -0.4 is 0 Å². The number of nitrogens with zero attached hydrogens (tertiary/aromatic N) is 1. The number of hydrogen-bond donors (Lipinski definition) is 0. The molecule has 0 aromatic carbocycles. The maximum atomic E-state index is 11.4. The zero-order valence-corrected chi connectivity index (χ0v) is 8.42. The third-order valence-corrected chi connectivity index (χ3v) is 2.03. The fraction of sp³-hybridized carbons (Fsp3) is 0.545. The average molecular weight is 179 g/mol. The van der Waals surface area contributed by atoms with Crippen molar-refractivity contribution in [1.82, 2.24) is 4.57 Å². The molecule has 0 saturated heterocycles. The third-order valence-electron chi connectivity index (χ3n) is 2.03. The van der Waals surface area contributed by atoms with Crippen LogP contribution in [0.1, 0.15) is 43.5 Å². The summed E-state index contributed by atoms with van der Waals surface area (Å²) in [7, 11) is 0. The molecular formula is C11H17NO. The summed E-state index contributed by atoms with van der Waals surface area (Å²) in [4.78, 5) is 11.4. The quantitative estimate of drug-likeness (QED) is 0.637. The van der Waals surface area contributed by atoms with Gasteiger partial charge in [0.25, 0.3) is 0 Å². The molecule has 13 heavy (non-hydrogen) atoms. The van der Waals surface area contributed by atoms with Crippen LogP contribution in [0.5, 0.6) is 0 Å². The van der Waals surface area contributed by atoms with Crippen molar-refractivity contribution in [3.8, 4) is 0 Å². The lowest BCUT2D eigenvalue weighted by Gasteiger charge is -1.97. The highest BCUT2D eigenvalue weighted by atomic mass is 16.1. The molecule has 1 aromatic heterocycles. The van der Waals surface area contributed by atoms with Gasteiger partial charge in [0.2, 0.25) is 0 Å². The summed E-state index contributed by atoms with van der Waals surface area (Å²) in [5.74, 6) is 0.261. The van der Waals surface area contributed by atoms with Crippen LogP contribution in [0.4, 0.5) is 0 Å². The number of hydrogen-bond acceptors (Lipinski definition) is 1. The first kappa shape index (κ1) is 10.0. The fourth-order valence-corrected chi connectivity index (χ4v) is 1.37. The van der Waals surface area contributed by atoms with Crippen LogP contribution in [0, 0.1) is 0 Å². The van der Waals surface area contributed by atoms with E-state index in [1.165, 1.54) is 0 Å². The molecule has 2 nitrogen and oxygen atoms in total. The maximum Gasteiger partial charge on any atom is 0.164 e. The molecule has 0 N–H and O–H groups in total. The second-order valence-corrected chi connectivity index (χ2v) is 3.31. The number of carbonyl (C=O) groups excluding carboxylic acids is 1. The summed E-state index contributed by atoms with van der Waals surface area (Å²) in [6.07, 6.45) is 6.62. The molecule has 0 spiro atoms. The van der Waals surface area contributed by atoms with Gasteiger partial charge in [0.1, 0.15) is 0 Å². The lowest BCUT2D eigenvalue weighted by molar-refractivity contribution is 0.0981. The van der Waals surface area contributed by atoms with E-state index < -0.39 is 0 Å². The van der Waals surface area contributed by atoms with E-state index in [-0.39, 0.29) is 5.78 Å². The summed E-state index contributed by atoms with van der Waals surface area (Å²) in [6, 6.07) is 1.91. The van der Waals surface area contributed by atoms with Crippen LogP contribution in [-0.4, -0.2) is 10.4 Å². The lowest BCUT2D eigenvalue weighted by Crippen LogP contribution is -1.97. The van der Waals surface area contributed by atoms with Gasteiger partial charge in [-0.1, -0.05) is 13.8 Å². The van der Waals surface area contributed by atoms with Crippen LogP contribution in [0.15, 0.2) is 18.5 Å². The zero-order chi connectivity index (χ0) is 9.68. The molecule has 1 heterocycles. The van der Waals surface area contributed by atoms with Gasteiger partial charge in [-0.3, -0.25) is 4.79 Å². The number of ketones is 1. The van der Waals surface area contributed by atoms with E-state index in [1.807, 2.05) is 25.4 Å². The first-order valence-corrected chi connectivity index (χ1v) is 4.97.